The lowest BCUT2D eigenvalue weighted by Crippen LogP contribution is -2.38. The summed E-state index contributed by atoms with van der Waals surface area (Å²) in [5.74, 6) is 3.10. The summed E-state index contributed by atoms with van der Waals surface area (Å²) in [7, 11) is 0. The molecular formula is C17H27IN6S. The molecule has 0 saturated heterocycles. The Kier molecular flexibility index (Phi) is 8.66. The molecule has 138 valence electrons. The third-order valence-corrected chi connectivity index (χ3v) is 4.90. The molecule has 2 aromatic rings. The van der Waals surface area contributed by atoms with E-state index in [9.17, 15) is 0 Å². The molecule has 0 bridgehead atoms. The van der Waals surface area contributed by atoms with Crippen molar-refractivity contribution in [3.8, 4) is 0 Å². The number of fused-ring (bicyclic) bond motifs is 1. The highest BCUT2D eigenvalue weighted by molar-refractivity contribution is 14.0. The van der Waals surface area contributed by atoms with Gasteiger partial charge in [-0.15, -0.1) is 34.2 Å². The Balaban J connectivity index is 0.00000225. The van der Waals surface area contributed by atoms with Crippen LogP contribution < -0.4 is 10.6 Å². The van der Waals surface area contributed by atoms with Crippen LogP contribution in [0.3, 0.4) is 0 Å². The van der Waals surface area contributed by atoms with Gasteiger partial charge < -0.3 is 15.2 Å². The highest BCUT2D eigenvalue weighted by Crippen LogP contribution is 2.14. The number of aryl methyl sites for hydroxylation is 1. The quantitative estimate of drug-likeness (QED) is 0.384. The van der Waals surface area contributed by atoms with Crippen molar-refractivity contribution in [3.05, 3.63) is 34.0 Å². The number of hydrogen-bond donors (Lipinski definition) is 2. The summed E-state index contributed by atoms with van der Waals surface area (Å²) in [6.07, 6.45) is 5.69. The first kappa shape index (κ1) is 20.2. The van der Waals surface area contributed by atoms with Gasteiger partial charge in [-0.05, 0) is 42.2 Å². The molecule has 0 amide bonds. The lowest BCUT2D eigenvalue weighted by molar-refractivity contribution is 0.600. The van der Waals surface area contributed by atoms with Gasteiger partial charge in [0.25, 0.3) is 0 Å². The number of aromatic nitrogens is 3. The number of halogens is 1. The molecule has 0 fully saturated rings. The summed E-state index contributed by atoms with van der Waals surface area (Å²) in [5, 5.41) is 19.7. The fourth-order valence-corrected chi connectivity index (χ4v) is 3.58. The van der Waals surface area contributed by atoms with E-state index in [4.69, 9.17) is 0 Å². The van der Waals surface area contributed by atoms with Crippen molar-refractivity contribution in [1.29, 1.82) is 0 Å². The van der Waals surface area contributed by atoms with E-state index in [1.165, 1.54) is 24.8 Å². The Morgan fingerprint density at radius 2 is 2.20 bits per heavy atom. The van der Waals surface area contributed by atoms with Crippen molar-refractivity contribution in [1.82, 2.24) is 25.4 Å². The van der Waals surface area contributed by atoms with Gasteiger partial charge in [-0.3, -0.25) is 0 Å². The molecule has 25 heavy (non-hydrogen) atoms. The fraction of sp³-hybridized carbons (Fsp3) is 0.588. The Hall–Kier alpha value is -1.16. The molecule has 0 atom stereocenters. The van der Waals surface area contributed by atoms with E-state index in [0.29, 0.717) is 6.54 Å². The lowest BCUT2D eigenvalue weighted by Gasteiger charge is -2.11. The minimum atomic E-state index is 0. The second-order valence-electron chi connectivity index (χ2n) is 6.00. The molecule has 3 rings (SSSR count). The van der Waals surface area contributed by atoms with Crippen LogP contribution in [-0.4, -0.2) is 33.8 Å². The Morgan fingerprint density at radius 3 is 3.00 bits per heavy atom. The molecule has 0 unspecified atom stereocenters. The zero-order valence-electron chi connectivity index (χ0n) is 14.7. The Bertz CT molecular complexity index is 652. The largest absolute Gasteiger partial charge is 0.357 e. The minimum Gasteiger partial charge on any atom is -0.357 e. The standard InChI is InChI=1S/C17H26N6S.HI/c1-2-18-17(20-12-14-8-11-24-13-14)19-9-7-16-22-21-15-6-4-3-5-10-23(15)16;/h8,11,13H,2-7,9-10,12H2,1H3,(H2,18,19,20);1H. The van der Waals surface area contributed by atoms with E-state index in [1.54, 1.807) is 11.3 Å². The van der Waals surface area contributed by atoms with Crippen molar-refractivity contribution in [2.24, 2.45) is 4.99 Å². The summed E-state index contributed by atoms with van der Waals surface area (Å²) >= 11 is 1.71. The molecule has 0 radical (unpaired) electrons. The Morgan fingerprint density at radius 1 is 1.28 bits per heavy atom. The third kappa shape index (κ3) is 5.95. The minimum absolute atomic E-state index is 0. The van der Waals surface area contributed by atoms with E-state index in [0.717, 1.165) is 50.1 Å². The highest BCUT2D eigenvalue weighted by Gasteiger charge is 2.14. The highest BCUT2D eigenvalue weighted by atomic mass is 127. The van der Waals surface area contributed by atoms with Crippen LogP contribution in [0.2, 0.25) is 0 Å². The SMILES string of the molecule is CCNC(=NCc1ccsc1)NCCc1nnc2n1CCCCC2.I. The van der Waals surface area contributed by atoms with Crippen molar-refractivity contribution in [3.63, 3.8) is 0 Å². The average molecular weight is 474 g/mol. The number of thiophene rings is 1. The van der Waals surface area contributed by atoms with Crippen molar-refractivity contribution in [2.45, 2.75) is 52.1 Å². The van der Waals surface area contributed by atoms with Gasteiger partial charge >= 0.3 is 0 Å². The predicted molar refractivity (Wildman–Crippen MR) is 114 cm³/mol. The fourth-order valence-electron chi connectivity index (χ4n) is 2.92. The van der Waals surface area contributed by atoms with Gasteiger partial charge in [-0.2, -0.15) is 11.3 Å². The van der Waals surface area contributed by atoms with Crippen molar-refractivity contribution >= 4 is 41.3 Å². The molecule has 0 aromatic carbocycles. The average Bonchev–Trinajstić information content (AvgIpc) is 3.18. The van der Waals surface area contributed by atoms with Gasteiger partial charge in [0.2, 0.25) is 0 Å². The summed E-state index contributed by atoms with van der Waals surface area (Å²) in [4.78, 5) is 4.64. The van der Waals surface area contributed by atoms with Crippen LogP contribution in [-0.2, 0) is 25.9 Å². The number of hydrogen-bond acceptors (Lipinski definition) is 4. The molecule has 3 heterocycles. The van der Waals surface area contributed by atoms with E-state index >= 15 is 0 Å². The Labute approximate surface area is 170 Å². The normalized spacial score (nSPS) is 14.4. The van der Waals surface area contributed by atoms with Gasteiger partial charge in [0, 0.05) is 32.5 Å². The number of nitrogens with zero attached hydrogens (tertiary/aromatic N) is 4. The number of rotatable bonds is 6. The number of guanidine groups is 1. The van der Waals surface area contributed by atoms with Crippen LogP contribution in [0.25, 0.3) is 0 Å². The maximum atomic E-state index is 4.64. The first-order valence-electron chi connectivity index (χ1n) is 8.81. The summed E-state index contributed by atoms with van der Waals surface area (Å²) < 4.78 is 2.31. The molecule has 0 spiro atoms. The zero-order valence-corrected chi connectivity index (χ0v) is 17.8. The molecular weight excluding hydrogens is 447 g/mol. The maximum absolute atomic E-state index is 4.64. The van der Waals surface area contributed by atoms with Crippen LogP contribution in [0, 0.1) is 0 Å². The maximum Gasteiger partial charge on any atom is 0.191 e. The van der Waals surface area contributed by atoms with Gasteiger partial charge in [0.05, 0.1) is 6.54 Å². The zero-order chi connectivity index (χ0) is 16.6. The van der Waals surface area contributed by atoms with Crippen LogP contribution >= 0.6 is 35.3 Å². The first-order valence-corrected chi connectivity index (χ1v) is 9.75. The summed E-state index contributed by atoms with van der Waals surface area (Å²) in [6.45, 7) is 5.52. The monoisotopic (exact) mass is 474 g/mol. The van der Waals surface area contributed by atoms with Crippen LogP contribution in [0.15, 0.2) is 21.8 Å². The molecule has 2 aromatic heterocycles. The van der Waals surface area contributed by atoms with Gasteiger partial charge in [-0.1, -0.05) is 6.42 Å². The number of nitrogens with one attached hydrogen (secondary N) is 2. The van der Waals surface area contributed by atoms with Gasteiger partial charge in [-0.25, -0.2) is 4.99 Å². The van der Waals surface area contributed by atoms with E-state index in [1.807, 2.05) is 0 Å². The third-order valence-electron chi connectivity index (χ3n) is 4.17. The molecule has 2 N–H and O–H groups in total. The van der Waals surface area contributed by atoms with Crippen LogP contribution in [0.1, 0.15) is 43.4 Å². The lowest BCUT2D eigenvalue weighted by atomic mass is 10.2. The molecule has 1 aliphatic heterocycles. The van der Waals surface area contributed by atoms with Crippen molar-refractivity contribution < 1.29 is 0 Å². The second-order valence-corrected chi connectivity index (χ2v) is 6.78. The summed E-state index contributed by atoms with van der Waals surface area (Å²) in [5.41, 5.74) is 1.25. The predicted octanol–water partition coefficient (Wildman–Crippen LogP) is 2.98. The van der Waals surface area contributed by atoms with Crippen LogP contribution in [0.5, 0.6) is 0 Å². The molecule has 0 aliphatic carbocycles. The molecule has 1 aliphatic rings. The second kappa shape index (κ2) is 10.7. The molecule has 6 nitrogen and oxygen atoms in total. The summed E-state index contributed by atoms with van der Waals surface area (Å²) in [6, 6.07) is 2.11. The van der Waals surface area contributed by atoms with E-state index in [2.05, 4.69) is 54.1 Å². The van der Waals surface area contributed by atoms with Gasteiger partial charge in [0.15, 0.2) is 5.96 Å². The van der Waals surface area contributed by atoms with Gasteiger partial charge in [0.1, 0.15) is 11.6 Å². The molecule has 8 heteroatoms. The van der Waals surface area contributed by atoms with Crippen LogP contribution in [0.4, 0.5) is 0 Å². The van der Waals surface area contributed by atoms with Crippen molar-refractivity contribution in [2.75, 3.05) is 13.1 Å². The van der Waals surface area contributed by atoms with E-state index in [-0.39, 0.29) is 24.0 Å². The van der Waals surface area contributed by atoms with E-state index < -0.39 is 0 Å². The smallest absolute Gasteiger partial charge is 0.191 e. The molecule has 0 saturated carbocycles. The first-order chi connectivity index (χ1) is 11.9. The topological polar surface area (TPSA) is 67.1 Å². The number of aliphatic imine (C=N–C) groups is 1.